The lowest BCUT2D eigenvalue weighted by Crippen LogP contribution is -2.82. The van der Waals surface area contributed by atoms with E-state index in [1.165, 1.54) is 58.2 Å². The van der Waals surface area contributed by atoms with E-state index in [1.54, 1.807) is 43.3 Å². The van der Waals surface area contributed by atoms with E-state index in [2.05, 4.69) is 20.6 Å². The summed E-state index contributed by atoms with van der Waals surface area (Å²) in [5, 5.41) is 52.4. The topological polar surface area (TPSA) is 313 Å². The average Bonchev–Trinajstić information content (AvgIpc) is 3.33. The number of nitrogens with zero attached hydrogens (tertiary/aromatic N) is 2. The Hall–Kier alpha value is -6.94. The Bertz CT molecular complexity index is 2660. The van der Waals surface area contributed by atoms with Gasteiger partial charge in [0.05, 0.1) is 47.5 Å². The van der Waals surface area contributed by atoms with E-state index in [4.69, 9.17) is 23.7 Å². The number of carboxylic acids is 1. The van der Waals surface area contributed by atoms with Gasteiger partial charge in [-0.3, -0.25) is 33.8 Å². The number of aromatic nitrogens is 2. The molecule has 7 rings (SSSR count). The van der Waals surface area contributed by atoms with Gasteiger partial charge in [0.1, 0.15) is 35.6 Å². The van der Waals surface area contributed by atoms with Gasteiger partial charge in [0.25, 0.3) is 5.91 Å². The van der Waals surface area contributed by atoms with Gasteiger partial charge in [0, 0.05) is 44.7 Å². The first-order valence-corrected chi connectivity index (χ1v) is 23.3. The Morgan fingerprint density at radius 2 is 1.53 bits per heavy atom. The summed E-state index contributed by atoms with van der Waals surface area (Å²) in [4.78, 5) is 118. The van der Waals surface area contributed by atoms with Crippen LogP contribution in [0.15, 0.2) is 84.2 Å². The fraction of sp³-hybridized carbons (Fsp3) is 0.490. The molecule has 2 heterocycles. The maximum atomic E-state index is 15.6. The summed E-state index contributed by atoms with van der Waals surface area (Å²) in [6, 6.07) is 12.1. The van der Waals surface area contributed by atoms with Crippen molar-refractivity contribution >= 4 is 47.4 Å². The van der Waals surface area contributed by atoms with Crippen LogP contribution < -0.4 is 10.6 Å². The molecule has 1 saturated heterocycles. The van der Waals surface area contributed by atoms with Gasteiger partial charge in [0.15, 0.2) is 23.6 Å². The first-order valence-electron chi connectivity index (χ1n) is 23.3. The number of benzene rings is 2. The molecule has 21 heteroatoms. The third kappa shape index (κ3) is 9.60. The summed E-state index contributed by atoms with van der Waals surface area (Å²) in [7, 11) is 0. The maximum Gasteiger partial charge on any atom is 0.338 e. The fourth-order valence-electron chi connectivity index (χ4n) is 10.9. The number of fused-ring (bicyclic) bond motifs is 5. The molecule has 384 valence electrons. The van der Waals surface area contributed by atoms with Gasteiger partial charge in [-0.05, 0) is 56.0 Å². The Morgan fingerprint density at radius 3 is 2.10 bits per heavy atom. The zero-order chi connectivity index (χ0) is 52.7. The predicted octanol–water partition coefficient (Wildman–Crippen LogP) is 2.18. The van der Waals surface area contributed by atoms with Crippen LogP contribution in [0, 0.1) is 23.7 Å². The molecule has 3 fully saturated rings. The van der Waals surface area contributed by atoms with Gasteiger partial charge in [-0.25, -0.2) is 14.6 Å². The van der Waals surface area contributed by atoms with E-state index >= 15 is 4.79 Å². The van der Waals surface area contributed by atoms with Gasteiger partial charge in [-0.15, -0.1) is 0 Å². The van der Waals surface area contributed by atoms with Crippen molar-refractivity contribution in [3.8, 4) is 0 Å². The van der Waals surface area contributed by atoms with E-state index in [9.17, 15) is 54.0 Å². The van der Waals surface area contributed by atoms with Crippen molar-refractivity contribution in [2.75, 3.05) is 6.61 Å². The molecule has 2 amide bonds. The molecule has 0 radical (unpaired) electrons. The number of aliphatic carboxylic acids is 1. The molecule has 21 nitrogen and oxygen atoms in total. The number of hydrogen-bond donors (Lipinski definition) is 6. The minimum Gasteiger partial charge on any atom is -0.481 e. The van der Waals surface area contributed by atoms with E-state index in [0.717, 1.165) is 20.0 Å². The summed E-state index contributed by atoms with van der Waals surface area (Å²) >= 11 is 0. The minimum absolute atomic E-state index is 0.0162. The van der Waals surface area contributed by atoms with Crippen molar-refractivity contribution < 1.29 is 82.5 Å². The first-order chi connectivity index (χ1) is 33.9. The van der Waals surface area contributed by atoms with Gasteiger partial charge in [0.2, 0.25) is 5.91 Å². The maximum absolute atomic E-state index is 15.6. The van der Waals surface area contributed by atoms with Crippen molar-refractivity contribution in [3.05, 3.63) is 107 Å². The van der Waals surface area contributed by atoms with E-state index in [1.807, 2.05) is 0 Å². The second-order valence-electron chi connectivity index (χ2n) is 19.5. The van der Waals surface area contributed by atoms with Crippen LogP contribution in [0.4, 0.5) is 0 Å². The number of ether oxygens (including phenoxy) is 5. The number of amides is 2. The standard InChI is InChI=1S/C51H58N4O17/c1-25-22-53-32(23-52-25)45(64)54-31(18-19-36(59)60)44(63)55-38(29-14-10-8-11-15-29)39(61)47(66)70-33-21-51(67)43(71-46(65)30-16-12-9-13-17-30)41-49(7,34(58)20-35-50(41,24-68-35)72-28(4)57)42(62)40(69-27(3)56)37(26(33)2)48(51,5)6/h8-17,22-23,31,33-35,38-41,43,58,61,67H,18-21,24H2,1-7H3,(H,54,64)(H,55,63)(H,59,60)/t31-,33+,34+,35-,38+,39-,40-,41+,43+,49-,50+,51-/m1/s1. The highest BCUT2D eigenvalue weighted by atomic mass is 16.6. The van der Waals surface area contributed by atoms with Crippen molar-refractivity contribution in [2.24, 2.45) is 16.7 Å². The molecule has 0 spiro atoms. The molecule has 2 saturated carbocycles. The van der Waals surface area contributed by atoms with Gasteiger partial charge >= 0.3 is 29.8 Å². The molecular weight excluding hydrogens is 941 g/mol. The van der Waals surface area contributed by atoms with Crippen LogP contribution in [0.5, 0.6) is 0 Å². The number of rotatable bonds is 15. The number of carbonyl (C=O) groups excluding carboxylic acids is 7. The Kier molecular flexibility index (Phi) is 14.9. The zero-order valence-electron chi connectivity index (χ0n) is 40.7. The lowest BCUT2D eigenvalue weighted by molar-refractivity contribution is -0.346. The SMILES string of the molecule is CC(=O)O[C@H]1C(=O)[C@@]2(C)[C@H]([C@H](OC(=O)c3ccccc3)[C@]3(O)C[C@H](OC(=O)[C@H](O)[C@@H](NC(=O)[C@@H](CCC(=O)O)NC(=O)c4cnc(C)cn4)c4ccccc4)C(C)=C1C3(C)C)[C@]1(OC(C)=O)CO[C@@H]1C[C@@H]2O. The molecule has 3 aromatic rings. The molecule has 3 aliphatic carbocycles. The molecule has 2 aromatic carbocycles. The van der Waals surface area contributed by atoms with Crippen LogP contribution in [0.3, 0.4) is 0 Å². The average molecular weight is 999 g/mol. The van der Waals surface area contributed by atoms with Crippen LogP contribution in [0.2, 0.25) is 0 Å². The van der Waals surface area contributed by atoms with Crippen molar-refractivity contribution in [1.82, 2.24) is 20.6 Å². The number of Topliss-reactive ketones (excluding diaryl/α,β-unsaturated/α-hetero) is 1. The summed E-state index contributed by atoms with van der Waals surface area (Å²) in [5.74, 6) is -9.90. The molecule has 72 heavy (non-hydrogen) atoms. The second kappa shape index (κ2) is 20.3. The van der Waals surface area contributed by atoms with Gasteiger partial charge in [-0.2, -0.15) is 0 Å². The molecule has 6 N–H and O–H groups in total. The van der Waals surface area contributed by atoms with Crippen molar-refractivity contribution in [2.45, 2.75) is 134 Å². The Labute approximate surface area is 413 Å². The first kappa shape index (κ1) is 52.9. The van der Waals surface area contributed by atoms with Crippen LogP contribution in [0.1, 0.15) is 105 Å². The van der Waals surface area contributed by atoms with E-state index in [0.29, 0.717) is 5.69 Å². The largest absolute Gasteiger partial charge is 0.481 e. The molecule has 4 aliphatic rings. The number of ketones is 1. The Morgan fingerprint density at radius 1 is 0.875 bits per heavy atom. The fourth-order valence-corrected chi connectivity index (χ4v) is 10.9. The molecule has 12 atom stereocenters. The predicted molar refractivity (Wildman–Crippen MR) is 247 cm³/mol. The Balaban J connectivity index is 1.32. The van der Waals surface area contributed by atoms with E-state index < -0.39 is 143 Å². The smallest absolute Gasteiger partial charge is 0.338 e. The monoisotopic (exact) mass is 998 g/mol. The molecule has 1 aliphatic heterocycles. The number of carbonyl (C=O) groups is 8. The summed E-state index contributed by atoms with van der Waals surface area (Å²) in [6.45, 7) is 9.26. The third-order valence-corrected chi connectivity index (χ3v) is 14.7. The second-order valence-corrected chi connectivity index (χ2v) is 19.5. The van der Waals surface area contributed by atoms with Crippen LogP contribution in [-0.2, 0) is 52.5 Å². The number of carboxylic acid groups (broad SMARTS) is 1. The van der Waals surface area contributed by atoms with Gasteiger partial charge in [-0.1, -0.05) is 62.4 Å². The number of nitrogens with one attached hydrogen (secondary N) is 2. The minimum atomic E-state index is -2.50. The van der Waals surface area contributed by atoms with Crippen molar-refractivity contribution in [3.63, 3.8) is 0 Å². The quantitative estimate of drug-likeness (QED) is 0.0722. The molecule has 1 aromatic heterocycles. The highest BCUT2D eigenvalue weighted by molar-refractivity contribution is 5.97. The van der Waals surface area contributed by atoms with E-state index in [-0.39, 0.29) is 41.0 Å². The number of esters is 4. The lowest BCUT2D eigenvalue weighted by atomic mass is 9.44. The normalized spacial score (nSPS) is 29.4. The molecule has 0 unspecified atom stereocenters. The zero-order valence-corrected chi connectivity index (χ0v) is 40.7. The summed E-state index contributed by atoms with van der Waals surface area (Å²) in [5.41, 5.74) is -7.76. The molecular formula is C51H58N4O17. The highest BCUT2D eigenvalue weighted by Gasteiger charge is 2.78. The van der Waals surface area contributed by atoms with Crippen LogP contribution >= 0.6 is 0 Å². The summed E-state index contributed by atoms with van der Waals surface area (Å²) < 4.78 is 30.3. The third-order valence-electron chi connectivity index (χ3n) is 14.7. The van der Waals surface area contributed by atoms with Crippen LogP contribution in [0.25, 0.3) is 0 Å². The van der Waals surface area contributed by atoms with Crippen LogP contribution in [-0.4, -0.2) is 138 Å². The lowest BCUT2D eigenvalue weighted by Gasteiger charge is -2.67. The highest BCUT2D eigenvalue weighted by Crippen LogP contribution is 2.64. The summed E-state index contributed by atoms with van der Waals surface area (Å²) in [6.07, 6.45) is -9.90. The number of hydrogen-bond acceptors (Lipinski definition) is 18. The number of aliphatic hydroxyl groups excluding tert-OH is 2. The van der Waals surface area contributed by atoms with Gasteiger partial charge < -0.3 is 54.7 Å². The molecule has 2 bridgehead atoms. The number of aliphatic hydroxyl groups is 3. The number of aryl methyl sites for hydroxylation is 1. The van der Waals surface area contributed by atoms with Crippen molar-refractivity contribution in [1.29, 1.82) is 0 Å².